The molecule has 6 heteroatoms. The van der Waals surface area contributed by atoms with Gasteiger partial charge in [-0.2, -0.15) is 0 Å². The largest absolute Gasteiger partial charge is 0.341 e. The van der Waals surface area contributed by atoms with Crippen LogP contribution in [0.4, 0.5) is 0 Å². The Kier molecular flexibility index (Phi) is 3.53. The van der Waals surface area contributed by atoms with Gasteiger partial charge in [0.25, 0.3) is 5.91 Å². The van der Waals surface area contributed by atoms with Gasteiger partial charge in [-0.05, 0) is 6.42 Å². The second-order valence-corrected chi connectivity index (χ2v) is 4.62. The zero-order valence-electron chi connectivity index (χ0n) is 9.75. The zero-order valence-corrected chi connectivity index (χ0v) is 10.6. The standard InChI is InChI=1S/C11H14N4OS/c1-3-8(11-13-4-5-17-11)14-10(16)9-6-12-7-15(9)2/h4-8H,3H2,1-2H3,(H,14,16)/t8-/m1/s1. The number of amides is 1. The number of thiazole rings is 1. The van der Waals surface area contributed by atoms with Gasteiger partial charge < -0.3 is 9.88 Å². The van der Waals surface area contributed by atoms with E-state index in [4.69, 9.17) is 0 Å². The van der Waals surface area contributed by atoms with Crippen LogP contribution in [0.15, 0.2) is 24.1 Å². The third-order valence-corrected chi connectivity index (χ3v) is 3.40. The van der Waals surface area contributed by atoms with Crippen LogP contribution in [0.1, 0.15) is 34.9 Å². The first-order valence-electron chi connectivity index (χ1n) is 5.39. The molecule has 0 saturated heterocycles. The Labute approximate surface area is 104 Å². The molecule has 2 rings (SSSR count). The molecule has 0 spiro atoms. The van der Waals surface area contributed by atoms with Gasteiger partial charge in [0.05, 0.1) is 18.6 Å². The second kappa shape index (κ2) is 5.09. The first-order valence-corrected chi connectivity index (χ1v) is 6.27. The van der Waals surface area contributed by atoms with E-state index in [1.165, 1.54) is 0 Å². The lowest BCUT2D eigenvalue weighted by molar-refractivity contribution is 0.0927. The summed E-state index contributed by atoms with van der Waals surface area (Å²) in [4.78, 5) is 20.1. The SMILES string of the molecule is CC[C@@H](NC(=O)c1cncn1C)c1nccs1. The van der Waals surface area contributed by atoms with Crippen molar-refractivity contribution in [2.75, 3.05) is 0 Å². The summed E-state index contributed by atoms with van der Waals surface area (Å²) in [7, 11) is 1.80. The van der Waals surface area contributed by atoms with E-state index in [-0.39, 0.29) is 11.9 Å². The number of rotatable bonds is 4. The molecular formula is C11H14N4OS. The van der Waals surface area contributed by atoms with Crippen molar-refractivity contribution in [3.05, 3.63) is 34.8 Å². The molecule has 1 N–H and O–H groups in total. The van der Waals surface area contributed by atoms with Crippen LogP contribution < -0.4 is 5.32 Å². The van der Waals surface area contributed by atoms with E-state index in [9.17, 15) is 4.79 Å². The lowest BCUT2D eigenvalue weighted by Gasteiger charge is -2.14. The van der Waals surface area contributed by atoms with Crippen molar-refractivity contribution in [2.24, 2.45) is 7.05 Å². The molecule has 1 amide bonds. The lowest BCUT2D eigenvalue weighted by Crippen LogP contribution is -2.29. The third-order valence-electron chi connectivity index (χ3n) is 2.51. The van der Waals surface area contributed by atoms with Gasteiger partial charge in [-0.3, -0.25) is 4.79 Å². The number of aromatic nitrogens is 3. The fourth-order valence-corrected chi connectivity index (χ4v) is 2.33. The molecule has 0 bridgehead atoms. The number of hydrogen-bond donors (Lipinski definition) is 1. The van der Waals surface area contributed by atoms with Crippen LogP contribution in [0, 0.1) is 0 Å². The summed E-state index contributed by atoms with van der Waals surface area (Å²) >= 11 is 1.55. The van der Waals surface area contributed by atoms with Crippen LogP contribution in [-0.2, 0) is 7.05 Å². The van der Waals surface area contributed by atoms with E-state index in [2.05, 4.69) is 15.3 Å². The Morgan fingerprint density at radius 1 is 1.65 bits per heavy atom. The van der Waals surface area contributed by atoms with Crippen molar-refractivity contribution < 1.29 is 4.79 Å². The molecule has 0 radical (unpaired) electrons. The number of imidazole rings is 1. The fourth-order valence-electron chi connectivity index (χ4n) is 1.55. The number of carbonyl (C=O) groups excluding carboxylic acids is 1. The predicted molar refractivity (Wildman–Crippen MR) is 65.8 cm³/mol. The lowest BCUT2D eigenvalue weighted by atomic mass is 10.2. The van der Waals surface area contributed by atoms with Crippen molar-refractivity contribution in [3.8, 4) is 0 Å². The van der Waals surface area contributed by atoms with Gasteiger partial charge in [0, 0.05) is 18.6 Å². The molecule has 0 unspecified atom stereocenters. The quantitative estimate of drug-likeness (QED) is 0.899. The van der Waals surface area contributed by atoms with Crippen LogP contribution >= 0.6 is 11.3 Å². The minimum absolute atomic E-state index is 0.0302. The second-order valence-electron chi connectivity index (χ2n) is 3.69. The van der Waals surface area contributed by atoms with Gasteiger partial charge in [0.1, 0.15) is 10.7 Å². The fraction of sp³-hybridized carbons (Fsp3) is 0.364. The number of nitrogens with one attached hydrogen (secondary N) is 1. The van der Waals surface area contributed by atoms with Crippen LogP contribution in [0.5, 0.6) is 0 Å². The van der Waals surface area contributed by atoms with Gasteiger partial charge in [-0.15, -0.1) is 11.3 Å². The predicted octanol–water partition coefficient (Wildman–Crippen LogP) is 1.76. The van der Waals surface area contributed by atoms with Crippen molar-refractivity contribution >= 4 is 17.2 Å². The van der Waals surface area contributed by atoms with E-state index >= 15 is 0 Å². The van der Waals surface area contributed by atoms with Gasteiger partial charge in [0.15, 0.2) is 0 Å². The molecule has 2 aromatic heterocycles. The van der Waals surface area contributed by atoms with Gasteiger partial charge in [0.2, 0.25) is 0 Å². The first kappa shape index (κ1) is 11.8. The molecule has 0 aliphatic carbocycles. The number of carbonyl (C=O) groups is 1. The van der Waals surface area contributed by atoms with Gasteiger partial charge >= 0.3 is 0 Å². The van der Waals surface area contributed by atoms with E-state index in [1.54, 1.807) is 41.7 Å². The van der Waals surface area contributed by atoms with E-state index in [0.717, 1.165) is 11.4 Å². The monoisotopic (exact) mass is 250 g/mol. The van der Waals surface area contributed by atoms with Crippen molar-refractivity contribution in [1.82, 2.24) is 19.9 Å². The maximum Gasteiger partial charge on any atom is 0.270 e. The summed E-state index contributed by atoms with van der Waals surface area (Å²) < 4.78 is 1.70. The van der Waals surface area contributed by atoms with Gasteiger partial charge in [-0.1, -0.05) is 6.92 Å². The highest BCUT2D eigenvalue weighted by atomic mass is 32.1. The normalized spacial score (nSPS) is 12.4. The number of nitrogens with zero attached hydrogens (tertiary/aromatic N) is 3. The Bertz CT molecular complexity index is 491. The molecule has 0 fully saturated rings. The van der Waals surface area contributed by atoms with E-state index < -0.39 is 0 Å². The van der Waals surface area contributed by atoms with Crippen LogP contribution in [0.3, 0.4) is 0 Å². The summed E-state index contributed by atoms with van der Waals surface area (Å²) in [5.74, 6) is -0.118. The van der Waals surface area contributed by atoms with Crippen LogP contribution in [0.2, 0.25) is 0 Å². The first-order chi connectivity index (χ1) is 8.22. The molecule has 17 heavy (non-hydrogen) atoms. The molecule has 0 aliphatic rings. The Balaban J connectivity index is 2.10. The third kappa shape index (κ3) is 2.52. The topological polar surface area (TPSA) is 59.8 Å². The molecule has 0 aliphatic heterocycles. The smallest absolute Gasteiger partial charge is 0.270 e. The van der Waals surface area contributed by atoms with E-state index in [1.807, 2.05) is 12.3 Å². The minimum atomic E-state index is -0.118. The summed E-state index contributed by atoms with van der Waals surface area (Å²) in [6.45, 7) is 2.02. The highest BCUT2D eigenvalue weighted by Crippen LogP contribution is 2.19. The van der Waals surface area contributed by atoms with Crippen molar-refractivity contribution in [1.29, 1.82) is 0 Å². The molecule has 2 heterocycles. The minimum Gasteiger partial charge on any atom is -0.341 e. The van der Waals surface area contributed by atoms with Gasteiger partial charge in [-0.25, -0.2) is 9.97 Å². The molecular weight excluding hydrogens is 236 g/mol. The summed E-state index contributed by atoms with van der Waals surface area (Å²) in [5.41, 5.74) is 0.556. The maximum absolute atomic E-state index is 12.0. The Hall–Kier alpha value is -1.69. The average molecular weight is 250 g/mol. The highest BCUT2D eigenvalue weighted by Gasteiger charge is 2.17. The molecule has 90 valence electrons. The number of hydrogen-bond acceptors (Lipinski definition) is 4. The zero-order chi connectivity index (χ0) is 12.3. The highest BCUT2D eigenvalue weighted by molar-refractivity contribution is 7.09. The molecule has 2 aromatic rings. The Morgan fingerprint density at radius 3 is 3.00 bits per heavy atom. The van der Waals surface area contributed by atoms with Crippen LogP contribution in [0.25, 0.3) is 0 Å². The summed E-state index contributed by atoms with van der Waals surface area (Å²) in [6.07, 6.45) is 5.74. The van der Waals surface area contributed by atoms with Crippen molar-refractivity contribution in [2.45, 2.75) is 19.4 Å². The molecule has 0 saturated carbocycles. The van der Waals surface area contributed by atoms with Crippen LogP contribution in [-0.4, -0.2) is 20.4 Å². The summed E-state index contributed by atoms with van der Waals surface area (Å²) in [6, 6.07) is -0.0302. The summed E-state index contributed by atoms with van der Waals surface area (Å²) in [5, 5.41) is 5.80. The molecule has 1 atom stereocenters. The van der Waals surface area contributed by atoms with Crippen molar-refractivity contribution in [3.63, 3.8) is 0 Å². The maximum atomic E-state index is 12.0. The molecule has 0 aromatic carbocycles. The van der Waals surface area contributed by atoms with E-state index in [0.29, 0.717) is 5.69 Å². The number of aryl methyl sites for hydroxylation is 1. The molecule has 5 nitrogen and oxygen atoms in total. The average Bonchev–Trinajstić information content (AvgIpc) is 2.96. The Morgan fingerprint density at radius 2 is 2.47 bits per heavy atom.